The number of hydrogen-bond acceptors (Lipinski definition) is 4. The lowest BCUT2D eigenvalue weighted by atomic mass is 10.1. The van der Waals surface area contributed by atoms with Crippen molar-refractivity contribution in [3.05, 3.63) is 53.7 Å². The largest absolute Gasteiger partial charge is 0.497 e. The normalized spacial score (nSPS) is 10.0. The second kappa shape index (κ2) is 7.28. The molecule has 0 aliphatic rings. The van der Waals surface area contributed by atoms with Gasteiger partial charge in [-0.2, -0.15) is 0 Å². The van der Waals surface area contributed by atoms with Gasteiger partial charge in [-0.1, -0.05) is 12.1 Å². The van der Waals surface area contributed by atoms with E-state index in [1.807, 2.05) is 24.3 Å². The van der Waals surface area contributed by atoms with E-state index in [1.54, 1.807) is 32.5 Å². The van der Waals surface area contributed by atoms with Crippen LogP contribution in [0.1, 0.15) is 15.9 Å². The zero-order chi connectivity index (χ0) is 15.1. The molecule has 0 aliphatic heterocycles. The molecule has 1 aromatic carbocycles. The third-order valence-electron chi connectivity index (χ3n) is 3.12. The van der Waals surface area contributed by atoms with E-state index < -0.39 is 0 Å². The number of amides is 1. The van der Waals surface area contributed by atoms with Crippen molar-refractivity contribution in [2.45, 2.75) is 6.42 Å². The highest BCUT2D eigenvalue weighted by atomic mass is 16.5. The van der Waals surface area contributed by atoms with Gasteiger partial charge in [0, 0.05) is 19.8 Å². The number of aromatic nitrogens is 1. The Hall–Kier alpha value is -2.56. The van der Waals surface area contributed by atoms with Crippen LogP contribution in [0.15, 0.2) is 42.6 Å². The Kier molecular flexibility index (Phi) is 5.15. The van der Waals surface area contributed by atoms with E-state index in [1.165, 1.54) is 0 Å². The van der Waals surface area contributed by atoms with E-state index in [0.29, 0.717) is 12.1 Å². The van der Waals surface area contributed by atoms with Crippen LogP contribution >= 0.6 is 0 Å². The molecule has 5 heteroatoms. The summed E-state index contributed by atoms with van der Waals surface area (Å²) in [5, 5.41) is 5.80. The van der Waals surface area contributed by atoms with Crippen molar-refractivity contribution >= 4 is 11.7 Å². The standard InChI is InChI=1S/C16H19N3O2/c1-17-15-7-6-13(11-19-15)16(20)18-9-8-12-4-3-5-14(10-12)21-2/h3-7,10-11H,8-9H2,1-2H3,(H,17,19)(H,18,20). The molecule has 1 heterocycles. The Labute approximate surface area is 124 Å². The van der Waals surface area contributed by atoms with Gasteiger partial charge in [0.05, 0.1) is 12.7 Å². The molecule has 2 aromatic rings. The summed E-state index contributed by atoms with van der Waals surface area (Å²) in [6, 6.07) is 11.3. The molecule has 0 saturated carbocycles. The first kappa shape index (κ1) is 14.8. The number of hydrogen-bond donors (Lipinski definition) is 2. The summed E-state index contributed by atoms with van der Waals surface area (Å²) in [7, 11) is 3.43. The van der Waals surface area contributed by atoms with Crippen LogP contribution < -0.4 is 15.4 Å². The summed E-state index contributed by atoms with van der Waals surface area (Å²) < 4.78 is 5.17. The van der Waals surface area contributed by atoms with Gasteiger partial charge in [-0.25, -0.2) is 4.98 Å². The zero-order valence-electron chi connectivity index (χ0n) is 12.2. The summed E-state index contributed by atoms with van der Waals surface area (Å²) in [6.45, 7) is 0.569. The lowest BCUT2D eigenvalue weighted by Gasteiger charge is -2.07. The molecule has 0 fully saturated rings. The van der Waals surface area contributed by atoms with Crippen molar-refractivity contribution in [1.29, 1.82) is 0 Å². The molecular weight excluding hydrogens is 266 g/mol. The van der Waals surface area contributed by atoms with Crippen molar-refractivity contribution in [2.24, 2.45) is 0 Å². The van der Waals surface area contributed by atoms with Crippen LogP contribution in [0.25, 0.3) is 0 Å². The van der Waals surface area contributed by atoms with Gasteiger partial charge in [0.1, 0.15) is 11.6 Å². The van der Waals surface area contributed by atoms with Gasteiger partial charge in [-0.3, -0.25) is 4.79 Å². The number of carbonyl (C=O) groups is 1. The molecule has 110 valence electrons. The third-order valence-corrected chi connectivity index (χ3v) is 3.12. The highest BCUT2D eigenvalue weighted by Gasteiger charge is 2.05. The van der Waals surface area contributed by atoms with Crippen LogP contribution in [-0.2, 0) is 6.42 Å². The average molecular weight is 285 g/mol. The predicted octanol–water partition coefficient (Wildman–Crippen LogP) is 2.10. The lowest BCUT2D eigenvalue weighted by Crippen LogP contribution is -2.25. The average Bonchev–Trinajstić information content (AvgIpc) is 2.55. The molecule has 0 unspecified atom stereocenters. The number of methoxy groups -OCH3 is 1. The summed E-state index contributed by atoms with van der Waals surface area (Å²) in [5.41, 5.74) is 1.68. The van der Waals surface area contributed by atoms with Gasteiger partial charge >= 0.3 is 0 Å². The number of benzene rings is 1. The Morgan fingerprint density at radius 3 is 2.81 bits per heavy atom. The maximum absolute atomic E-state index is 12.0. The molecule has 0 atom stereocenters. The molecule has 0 spiro atoms. The summed E-state index contributed by atoms with van der Waals surface area (Å²) >= 11 is 0. The quantitative estimate of drug-likeness (QED) is 0.853. The monoisotopic (exact) mass is 285 g/mol. The zero-order valence-corrected chi connectivity index (χ0v) is 12.2. The smallest absolute Gasteiger partial charge is 0.252 e. The van der Waals surface area contributed by atoms with Crippen molar-refractivity contribution in [1.82, 2.24) is 10.3 Å². The molecular formula is C16H19N3O2. The van der Waals surface area contributed by atoms with Crippen LogP contribution in [0, 0.1) is 0 Å². The fraction of sp³-hybridized carbons (Fsp3) is 0.250. The van der Waals surface area contributed by atoms with Gasteiger partial charge in [-0.15, -0.1) is 0 Å². The van der Waals surface area contributed by atoms with Gasteiger partial charge in [0.15, 0.2) is 0 Å². The molecule has 5 nitrogen and oxygen atoms in total. The topological polar surface area (TPSA) is 63.2 Å². The van der Waals surface area contributed by atoms with E-state index in [0.717, 1.165) is 23.6 Å². The van der Waals surface area contributed by atoms with Crippen molar-refractivity contribution in [3.63, 3.8) is 0 Å². The van der Waals surface area contributed by atoms with E-state index in [4.69, 9.17) is 4.74 Å². The van der Waals surface area contributed by atoms with Crippen LogP contribution in [0.4, 0.5) is 5.82 Å². The number of carbonyl (C=O) groups excluding carboxylic acids is 1. The third kappa shape index (κ3) is 4.21. The first-order valence-electron chi connectivity index (χ1n) is 6.78. The van der Waals surface area contributed by atoms with Crippen LogP contribution in [0.3, 0.4) is 0 Å². The number of nitrogens with zero attached hydrogens (tertiary/aromatic N) is 1. The Bertz CT molecular complexity index is 597. The Morgan fingerprint density at radius 1 is 1.29 bits per heavy atom. The maximum atomic E-state index is 12.0. The maximum Gasteiger partial charge on any atom is 0.252 e. The molecule has 21 heavy (non-hydrogen) atoms. The first-order chi connectivity index (χ1) is 10.2. The second-order valence-electron chi connectivity index (χ2n) is 4.54. The number of pyridine rings is 1. The van der Waals surface area contributed by atoms with Gasteiger partial charge in [-0.05, 0) is 36.2 Å². The lowest BCUT2D eigenvalue weighted by molar-refractivity contribution is 0.0954. The van der Waals surface area contributed by atoms with Crippen LogP contribution in [0.2, 0.25) is 0 Å². The van der Waals surface area contributed by atoms with E-state index >= 15 is 0 Å². The molecule has 2 rings (SSSR count). The second-order valence-corrected chi connectivity index (χ2v) is 4.54. The number of nitrogens with one attached hydrogen (secondary N) is 2. The first-order valence-corrected chi connectivity index (χ1v) is 6.78. The van der Waals surface area contributed by atoms with Crippen molar-refractivity contribution < 1.29 is 9.53 Å². The molecule has 1 aromatic heterocycles. The minimum absolute atomic E-state index is 0.118. The van der Waals surface area contributed by atoms with E-state index in [-0.39, 0.29) is 5.91 Å². The molecule has 0 saturated heterocycles. The fourth-order valence-electron chi connectivity index (χ4n) is 1.93. The van der Waals surface area contributed by atoms with Crippen molar-refractivity contribution in [3.8, 4) is 5.75 Å². The minimum atomic E-state index is -0.118. The van der Waals surface area contributed by atoms with Crippen LogP contribution in [0.5, 0.6) is 5.75 Å². The number of rotatable bonds is 6. The van der Waals surface area contributed by atoms with Gasteiger partial charge in [0.25, 0.3) is 5.91 Å². The summed E-state index contributed by atoms with van der Waals surface area (Å²) in [4.78, 5) is 16.1. The highest BCUT2D eigenvalue weighted by Crippen LogP contribution is 2.12. The molecule has 0 radical (unpaired) electrons. The van der Waals surface area contributed by atoms with E-state index in [2.05, 4.69) is 15.6 Å². The molecule has 1 amide bonds. The Morgan fingerprint density at radius 2 is 2.14 bits per heavy atom. The molecule has 0 bridgehead atoms. The summed E-state index contributed by atoms with van der Waals surface area (Å²) in [6.07, 6.45) is 2.32. The predicted molar refractivity (Wildman–Crippen MR) is 82.8 cm³/mol. The van der Waals surface area contributed by atoms with Gasteiger partial charge < -0.3 is 15.4 Å². The number of anilines is 1. The SMILES string of the molecule is CNc1ccc(C(=O)NCCc2cccc(OC)c2)cn1. The summed E-state index contributed by atoms with van der Waals surface area (Å²) in [5.74, 6) is 1.45. The highest BCUT2D eigenvalue weighted by molar-refractivity contribution is 5.94. The van der Waals surface area contributed by atoms with Crippen molar-refractivity contribution in [2.75, 3.05) is 26.0 Å². The molecule has 2 N–H and O–H groups in total. The molecule has 0 aliphatic carbocycles. The number of ether oxygens (including phenoxy) is 1. The Balaban J connectivity index is 1.85. The van der Waals surface area contributed by atoms with E-state index in [9.17, 15) is 4.79 Å². The van der Waals surface area contributed by atoms with Crippen LogP contribution in [-0.4, -0.2) is 31.6 Å². The minimum Gasteiger partial charge on any atom is -0.497 e. The van der Waals surface area contributed by atoms with Gasteiger partial charge in [0.2, 0.25) is 0 Å². The fourth-order valence-corrected chi connectivity index (χ4v) is 1.93.